The standard InChI is InChI=1S/C18H26ClNO3S/c1-5-12-18(21,13-6-2)17(14(4)7-3)20-24(22,23)16-10-8-15(19)9-11-16/h5-6,8-11,14,17,20-21H,1-2,7,12-13H2,3-4H3/t14-,17-/m0/s1. The highest BCUT2D eigenvalue weighted by atomic mass is 35.5. The number of nitrogens with one attached hydrogen (secondary N) is 1. The second kappa shape index (κ2) is 8.81. The normalized spacial score (nSPS) is 14.8. The van der Waals surface area contributed by atoms with Crippen LogP contribution in [0, 0.1) is 5.92 Å². The number of aliphatic hydroxyl groups is 1. The molecule has 6 heteroatoms. The summed E-state index contributed by atoms with van der Waals surface area (Å²) in [6.07, 6.45) is 4.42. The molecule has 0 heterocycles. The molecule has 0 bridgehead atoms. The Balaban J connectivity index is 3.23. The molecule has 0 spiro atoms. The van der Waals surface area contributed by atoms with Gasteiger partial charge in [0.2, 0.25) is 10.0 Å². The van der Waals surface area contributed by atoms with Gasteiger partial charge in [-0.3, -0.25) is 0 Å². The van der Waals surface area contributed by atoms with Crippen molar-refractivity contribution in [3.05, 3.63) is 54.6 Å². The SMILES string of the molecule is C=CCC(O)(CC=C)[C@@H](NS(=O)(=O)c1ccc(Cl)cc1)[C@@H](C)CC. The first kappa shape index (κ1) is 20.9. The van der Waals surface area contributed by atoms with E-state index in [4.69, 9.17) is 11.6 Å². The minimum absolute atomic E-state index is 0.0722. The van der Waals surface area contributed by atoms with Crippen molar-refractivity contribution in [1.82, 2.24) is 4.72 Å². The van der Waals surface area contributed by atoms with Gasteiger partial charge in [0, 0.05) is 5.02 Å². The molecule has 0 aliphatic heterocycles. The third kappa shape index (κ3) is 5.18. The minimum atomic E-state index is -3.79. The number of hydrogen-bond acceptors (Lipinski definition) is 3. The highest BCUT2D eigenvalue weighted by molar-refractivity contribution is 7.89. The lowest BCUT2D eigenvalue weighted by Crippen LogP contribution is -2.55. The van der Waals surface area contributed by atoms with E-state index in [0.29, 0.717) is 11.4 Å². The Morgan fingerprint density at radius 2 is 1.75 bits per heavy atom. The van der Waals surface area contributed by atoms with E-state index in [9.17, 15) is 13.5 Å². The fourth-order valence-electron chi connectivity index (χ4n) is 2.68. The average Bonchev–Trinajstić information content (AvgIpc) is 2.53. The zero-order chi connectivity index (χ0) is 18.4. The third-order valence-corrected chi connectivity index (χ3v) is 5.90. The summed E-state index contributed by atoms with van der Waals surface area (Å²) in [7, 11) is -3.79. The maximum absolute atomic E-state index is 12.7. The maximum atomic E-state index is 12.7. The van der Waals surface area contributed by atoms with Crippen molar-refractivity contribution in [2.75, 3.05) is 0 Å². The van der Waals surface area contributed by atoms with Crippen molar-refractivity contribution in [3.8, 4) is 0 Å². The van der Waals surface area contributed by atoms with Crippen molar-refractivity contribution >= 4 is 21.6 Å². The van der Waals surface area contributed by atoms with Crippen molar-refractivity contribution in [2.24, 2.45) is 5.92 Å². The van der Waals surface area contributed by atoms with Crippen LogP contribution in [0.4, 0.5) is 0 Å². The van der Waals surface area contributed by atoms with Gasteiger partial charge in [-0.1, -0.05) is 44.0 Å². The first-order valence-electron chi connectivity index (χ1n) is 7.92. The molecule has 1 aromatic carbocycles. The van der Waals surface area contributed by atoms with Crippen LogP contribution in [0.3, 0.4) is 0 Å². The summed E-state index contributed by atoms with van der Waals surface area (Å²) in [4.78, 5) is 0.111. The van der Waals surface area contributed by atoms with Gasteiger partial charge in [-0.25, -0.2) is 13.1 Å². The summed E-state index contributed by atoms with van der Waals surface area (Å²) < 4.78 is 28.1. The van der Waals surface area contributed by atoms with Gasteiger partial charge < -0.3 is 5.11 Å². The molecule has 0 radical (unpaired) electrons. The lowest BCUT2D eigenvalue weighted by Gasteiger charge is -2.38. The van der Waals surface area contributed by atoms with E-state index in [1.165, 1.54) is 24.3 Å². The first-order chi connectivity index (χ1) is 11.2. The van der Waals surface area contributed by atoms with E-state index in [0.717, 1.165) is 0 Å². The molecule has 0 saturated heterocycles. The van der Waals surface area contributed by atoms with Crippen LogP contribution >= 0.6 is 11.6 Å². The summed E-state index contributed by atoms with van der Waals surface area (Å²) in [5, 5.41) is 11.5. The van der Waals surface area contributed by atoms with Crippen LogP contribution < -0.4 is 4.72 Å². The Labute approximate surface area is 150 Å². The van der Waals surface area contributed by atoms with Crippen molar-refractivity contribution in [2.45, 2.75) is 49.6 Å². The van der Waals surface area contributed by atoms with Gasteiger partial charge in [0.15, 0.2) is 0 Å². The molecule has 0 aliphatic rings. The van der Waals surface area contributed by atoms with E-state index < -0.39 is 21.7 Å². The van der Waals surface area contributed by atoms with Crippen LogP contribution in [-0.4, -0.2) is 25.2 Å². The summed E-state index contributed by atoms with van der Waals surface area (Å²) in [6.45, 7) is 11.2. The Hall–Kier alpha value is -1.14. The number of halogens is 1. The number of rotatable bonds is 10. The average molecular weight is 372 g/mol. The smallest absolute Gasteiger partial charge is 0.240 e. The van der Waals surface area contributed by atoms with Crippen molar-refractivity contribution in [1.29, 1.82) is 0 Å². The van der Waals surface area contributed by atoms with Crippen molar-refractivity contribution < 1.29 is 13.5 Å². The van der Waals surface area contributed by atoms with Gasteiger partial charge in [-0.2, -0.15) is 0 Å². The fourth-order valence-corrected chi connectivity index (χ4v) is 4.22. The van der Waals surface area contributed by atoms with E-state index >= 15 is 0 Å². The third-order valence-electron chi connectivity index (χ3n) is 4.19. The van der Waals surface area contributed by atoms with Crippen LogP contribution in [0.2, 0.25) is 5.02 Å². The lowest BCUT2D eigenvalue weighted by molar-refractivity contribution is -0.00403. The molecule has 0 fully saturated rings. The predicted molar refractivity (Wildman–Crippen MR) is 99.6 cm³/mol. The first-order valence-corrected chi connectivity index (χ1v) is 9.78. The Kier molecular flexibility index (Phi) is 7.67. The van der Waals surface area contributed by atoms with Gasteiger partial charge in [0.1, 0.15) is 0 Å². The maximum Gasteiger partial charge on any atom is 0.240 e. The molecule has 0 amide bonds. The number of benzene rings is 1. The number of sulfonamides is 1. The van der Waals surface area contributed by atoms with E-state index in [-0.39, 0.29) is 23.7 Å². The summed E-state index contributed by atoms with van der Waals surface area (Å²) >= 11 is 5.82. The van der Waals surface area contributed by atoms with Crippen LogP contribution in [0.1, 0.15) is 33.1 Å². The highest BCUT2D eigenvalue weighted by Crippen LogP contribution is 2.29. The molecule has 0 aromatic heterocycles. The molecule has 2 N–H and O–H groups in total. The Morgan fingerprint density at radius 1 is 1.25 bits per heavy atom. The second-order valence-electron chi connectivity index (χ2n) is 6.03. The molecule has 134 valence electrons. The molecule has 2 atom stereocenters. The quantitative estimate of drug-likeness (QED) is 0.612. The largest absolute Gasteiger partial charge is 0.388 e. The molecular formula is C18H26ClNO3S. The van der Waals surface area contributed by atoms with E-state index in [2.05, 4.69) is 17.9 Å². The Morgan fingerprint density at radius 3 is 2.17 bits per heavy atom. The number of hydrogen-bond donors (Lipinski definition) is 2. The van der Waals surface area contributed by atoms with Crippen LogP contribution in [0.5, 0.6) is 0 Å². The van der Waals surface area contributed by atoms with Gasteiger partial charge in [0.25, 0.3) is 0 Å². The van der Waals surface area contributed by atoms with E-state index in [1.807, 2.05) is 13.8 Å². The Bertz CT molecular complexity index is 645. The zero-order valence-electron chi connectivity index (χ0n) is 14.2. The topological polar surface area (TPSA) is 66.4 Å². The summed E-state index contributed by atoms with van der Waals surface area (Å²) in [5.41, 5.74) is -1.28. The zero-order valence-corrected chi connectivity index (χ0v) is 15.8. The van der Waals surface area contributed by atoms with Gasteiger partial charge in [-0.15, -0.1) is 13.2 Å². The van der Waals surface area contributed by atoms with Crippen LogP contribution in [-0.2, 0) is 10.0 Å². The molecule has 0 unspecified atom stereocenters. The minimum Gasteiger partial charge on any atom is -0.388 e. The monoisotopic (exact) mass is 371 g/mol. The summed E-state index contributed by atoms with van der Waals surface area (Å²) in [6, 6.07) is 5.26. The van der Waals surface area contributed by atoms with Gasteiger partial charge >= 0.3 is 0 Å². The fraction of sp³-hybridized carbons (Fsp3) is 0.444. The molecule has 0 aliphatic carbocycles. The molecule has 1 aromatic rings. The molecule has 4 nitrogen and oxygen atoms in total. The summed E-state index contributed by atoms with van der Waals surface area (Å²) in [5.74, 6) is -0.0722. The molecule has 0 saturated carbocycles. The second-order valence-corrected chi connectivity index (χ2v) is 8.18. The molecule has 1 rings (SSSR count). The highest BCUT2D eigenvalue weighted by Gasteiger charge is 2.40. The van der Waals surface area contributed by atoms with Crippen LogP contribution in [0.25, 0.3) is 0 Å². The van der Waals surface area contributed by atoms with E-state index in [1.54, 1.807) is 12.2 Å². The van der Waals surface area contributed by atoms with Gasteiger partial charge in [0.05, 0.1) is 16.5 Å². The lowest BCUT2D eigenvalue weighted by atomic mass is 9.80. The molecular weight excluding hydrogens is 346 g/mol. The van der Waals surface area contributed by atoms with Gasteiger partial charge in [-0.05, 0) is 43.0 Å². The van der Waals surface area contributed by atoms with Crippen LogP contribution in [0.15, 0.2) is 54.5 Å². The van der Waals surface area contributed by atoms with Crippen molar-refractivity contribution in [3.63, 3.8) is 0 Å². The predicted octanol–water partition coefficient (Wildman–Crippen LogP) is 3.92. The molecule has 24 heavy (non-hydrogen) atoms.